The van der Waals surface area contributed by atoms with Gasteiger partial charge in [-0.1, -0.05) is 62.8 Å². The van der Waals surface area contributed by atoms with Gasteiger partial charge in [0.25, 0.3) is 5.56 Å². The Morgan fingerprint density at radius 2 is 1.94 bits per heavy atom. The molecule has 2 aromatic carbocycles. The molecule has 4 rings (SSSR count). The summed E-state index contributed by atoms with van der Waals surface area (Å²) in [6.45, 7) is 4.97. The molecule has 0 spiro atoms. The number of H-pyrrole nitrogens is 1. The van der Waals surface area contributed by atoms with E-state index in [1.807, 2.05) is 49.4 Å². The first-order valence-electron chi connectivity index (χ1n) is 11.4. The third kappa shape index (κ3) is 5.07. The lowest BCUT2D eigenvalue weighted by Crippen LogP contribution is -2.17. The van der Waals surface area contributed by atoms with Crippen molar-refractivity contribution >= 4 is 28.2 Å². The van der Waals surface area contributed by atoms with Gasteiger partial charge in [-0.2, -0.15) is 9.78 Å². The van der Waals surface area contributed by atoms with E-state index >= 15 is 0 Å². The molecule has 0 aliphatic rings. The van der Waals surface area contributed by atoms with Crippen molar-refractivity contribution < 1.29 is 4.74 Å². The molecule has 0 saturated heterocycles. The molecular weight excluding hydrogens is 400 g/mol. The number of benzene rings is 2. The van der Waals surface area contributed by atoms with E-state index < -0.39 is 0 Å². The van der Waals surface area contributed by atoms with Crippen LogP contribution >= 0.6 is 0 Å². The second-order valence-electron chi connectivity index (χ2n) is 8.23. The highest BCUT2D eigenvalue weighted by atomic mass is 16.5. The van der Waals surface area contributed by atoms with E-state index in [0.717, 1.165) is 34.2 Å². The summed E-state index contributed by atoms with van der Waals surface area (Å²) in [7, 11) is 0. The van der Waals surface area contributed by atoms with Gasteiger partial charge in [-0.15, -0.1) is 0 Å². The number of ether oxygens (including phenoxy) is 1. The van der Waals surface area contributed by atoms with Crippen LogP contribution in [0.3, 0.4) is 0 Å². The summed E-state index contributed by atoms with van der Waals surface area (Å²) in [6, 6.07) is 13.8. The Balaban J connectivity index is 1.44. The molecule has 0 bridgehead atoms. The summed E-state index contributed by atoms with van der Waals surface area (Å²) >= 11 is 0. The third-order valence-electron chi connectivity index (χ3n) is 5.60. The second-order valence-corrected chi connectivity index (χ2v) is 8.23. The SMILES string of the molecule is CCCCCCCCOc1cccc(C=Nn2cnc3c([nH]c4ccc(C)cc43)c2=O)c1. The maximum Gasteiger partial charge on any atom is 0.298 e. The average Bonchev–Trinajstić information content (AvgIpc) is 3.17. The first kappa shape index (κ1) is 21.8. The normalized spacial score (nSPS) is 11.7. The lowest BCUT2D eigenvalue weighted by atomic mass is 10.1. The molecule has 32 heavy (non-hydrogen) atoms. The maximum atomic E-state index is 12.9. The fourth-order valence-electron chi connectivity index (χ4n) is 3.83. The van der Waals surface area contributed by atoms with E-state index in [2.05, 4.69) is 22.0 Å². The van der Waals surface area contributed by atoms with Gasteiger partial charge in [-0.3, -0.25) is 4.79 Å². The predicted octanol–water partition coefficient (Wildman–Crippen LogP) is 5.81. The van der Waals surface area contributed by atoms with Crippen molar-refractivity contribution in [1.29, 1.82) is 0 Å². The number of rotatable bonds is 10. The Morgan fingerprint density at radius 3 is 2.81 bits per heavy atom. The van der Waals surface area contributed by atoms with E-state index in [9.17, 15) is 4.79 Å². The summed E-state index contributed by atoms with van der Waals surface area (Å²) in [4.78, 5) is 20.5. The van der Waals surface area contributed by atoms with Crippen LogP contribution in [0.25, 0.3) is 21.9 Å². The van der Waals surface area contributed by atoms with Crippen molar-refractivity contribution in [3.8, 4) is 5.75 Å². The second kappa shape index (κ2) is 10.3. The Morgan fingerprint density at radius 1 is 1.09 bits per heavy atom. The van der Waals surface area contributed by atoms with Crippen molar-refractivity contribution in [2.45, 2.75) is 52.4 Å². The average molecular weight is 431 g/mol. The predicted molar refractivity (Wildman–Crippen MR) is 131 cm³/mol. The minimum atomic E-state index is -0.226. The number of aryl methyl sites for hydroxylation is 1. The molecule has 4 aromatic rings. The zero-order chi connectivity index (χ0) is 22.3. The van der Waals surface area contributed by atoms with Crippen LogP contribution in [-0.2, 0) is 0 Å². The van der Waals surface area contributed by atoms with Crippen molar-refractivity contribution in [3.05, 3.63) is 70.3 Å². The number of unbranched alkanes of at least 4 members (excludes halogenated alkanes) is 5. The molecule has 1 N–H and O–H groups in total. The number of nitrogens with one attached hydrogen (secondary N) is 1. The number of fused-ring (bicyclic) bond motifs is 3. The zero-order valence-corrected chi connectivity index (χ0v) is 18.8. The quantitative estimate of drug-likeness (QED) is 0.255. The highest BCUT2D eigenvalue weighted by Gasteiger charge is 2.10. The molecule has 6 heteroatoms. The van der Waals surface area contributed by atoms with E-state index in [0.29, 0.717) is 17.6 Å². The fraction of sp³-hybridized carbons (Fsp3) is 0.346. The molecule has 0 aliphatic heterocycles. The Hall–Kier alpha value is -3.41. The van der Waals surface area contributed by atoms with Gasteiger partial charge in [0, 0.05) is 10.9 Å². The molecule has 0 fully saturated rings. The molecule has 6 nitrogen and oxygen atoms in total. The molecule has 0 aliphatic carbocycles. The minimum Gasteiger partial charge on any atom is -0.494 e. The standard InChI is InChI=1S/C26H30N4O2/c1-3-4-5-6-7-8-14-32-21-11-9-10-20(16-21)17-28-30-18-27-24-22-15-19(2)12-13-23(22)29-25(24)26(30)31/h9-13,15-18,29H,3-8,14H2,1-2H3. The van der Waals surface area contributed by atoms with Gasteiger partial charge in [-0.05, 0) is 43.2 Å². The number of hydrogen-bond acceptors (Lipinski definition) is 4. The van der Waals surface area contributed by atoms with Crippen LogP contribution in [0.1, 0.15) is 56.6 Å². The fourth-order valence-corrected chi connectivity index (χ4v) is 3.83. The first-order chi connectivity index (χ1) is 15.7. The number of aromatic nitrogens is 3. The van der Waals surface area contributed by atoms with E-state index in [1.165, 1.54) is 43.1 Å². The van der Waals surface area contributed by atoms with Crippen LogP contribution in [0, 0.1) is 6.92 Å². The van der Waals surface area contributed by atoms with E-state index in [4.69, 9.17) is 4.74 Å². The molecule has 2 heterocycles. The summed E-state index contributed by atoms with van der Waals surface area (Å²) in [5.41, 5.74) is 3.79. The summed E-state index contributed by atoms with van der Waals surface area (Å²) in [5.74, 6) is 0.814. The number of nitrogens with zero attached hydrogens (tertiary/aromatic N) is 3. The van der Waals surface area contributed by atoms with Crippen LogP contribution in [0.2, 0.25) is 0 Å². The smallest absolute Gasteiger partial charge is 0.298 e. The molecule has 0 amide bonds. The highest BCUT2D eigenvalue weighted by Crippen LogP contribution is 2.22. The molecular formula is C26H30N4O2. The lowest BCUT2D eigenvalue weighted by Gasteiger charge is -2.06. The van der Waals surface area contributed by atoms with Crippen LogP contribution in [0.15, 0.2) is 58.7 Å². The molecule has 0 atom stereocenters. The van der Waals surface area contributed by atoms with Crippen LogP contribution in [0.5, 0.6) is 5.75 Å². The Labute approximate surface area is 188 Å². The van der Waals surface area contributed by atoms with Crippen molar-refractivity contribution in [2.24, 2.45) is 5.10 Å². The van der Waals surface area contributed by atoms with E-state index in [1.54, 1.807) is 6.21 Å². The van der Waals surface area contributed by atoms with Crippen molar-refractivity contribution in [3.63, 3.8) is 0 Å². The van der Waals surface area contributed by atoms with Crippen molar-refractivity contribution in [1.82, 2.24) is 14.6 Å². The molecule has 0 radical (unpaired) electrons. The molecule has 0 unspecified atom stereocenters. The lowest BCUT2D eigenvalue weighted by molar-refractivity contribution is 0.304. The highest BCUT2D eigenvalue weighted by molar-refractivity contribution is 6.04. The van der Waals surface area contributed by atoms with Crippen LogP contribution in [-0.4, -0.2) is 27.5 Å². The van der Waals surface area contributed by atoms with Gasteiger partial charge < -0.3 is 9.72 Å². The summed E-state index contributed by atoms with van der Waals surface area (Å²) < 4.78 is 7.14. The molecule has 166 valence electrons. The zero-order valence-electron chi connectivity index (χ0n) is 18.8. The Bertz CT molecular complexity index is 1290. The molecule has 2 aromatic heterocycles. The van der Waals surface area contributed by atoms with Gasteiger partial charge in [0.15, 0.2) is 0 Å². The van der Waals surface area contributed by atoms with Gasteiger partial charge in [0.1, 0.15) is 23.1 Å². The van der Waals surface area contributed by atoms with Gasteiger partial charge in [0.2, 0.25) is 0 Å². The van der Waals surface area contributed by atoms with Gasteiger partial charge >= 0.3 is 0 Å². The van der Waals surface area contributed by atoms with Crippen LogP contribution in [0.4, 0.5) is 0 Å². The summed E-state index contributed by atoms with van der Waals surface area (Å²) in [5, 5.41) is 5.28. The van der Waals surface area contributed by atoms with Gasteiger partial charge in [-0.25, -0.2) is 4.98 Å². The molecule has 0 saturated carbocycles. The van der Waals surface area contributed by atoms with E-state index in [-0.39, 0.29) is 5.56 Å². The van der Waals surface area contributed by atoms with Gasteiger partial charge in [0.05, 0.1) is 12.8 Å². The van der Waals surface area contributed by atoms with Crippen molar-refractivity contribution in [2.75, 3.05) is 6.61 Å². The Kier molecular flexibility index (Phi) is 7.00. The van der Waals surface area contributed by atoms with Crippen LogP contribution < -0.4 is 10.3 Å². The number of hydrogen-bond donors (Lipinski definition) is 1. The summed E-state index contributed by atoms with van der Waals surface area (Å²) in [6.07, 6.45) is 10.5. The third-order valence-corrected chi connectivity index (χ3v) is 5.60. The largest absolute Gasteiger partial charge is 0.494 e. The minimum absolute atomic E-state index is 0.226. The topological polar surface area (TPSA) is 72.3 Å². The first-order valence-corrected chi connectivity index (χ1v) is 11.4. The maximum absolute atomic E-state index is 12.9. The number of aromatic amines is 1. The monoisotopic (exact) mass is 430 g/mol.